The second kappa shape index (κ2) is 8.55. The Kier molecular flexibility index (Phi) is 6.43. The fourth-order valence-corrected chi connectivity index (χ4v) is 2.91. The van der Waals surface area contributed by atoms with Gasteiger partial charge in [-0.25, -0.2) is 4.68 Å². The van der Waals surface area contributed by atoms with Gasteiger partial charge in [0.15, 0.2) is 0 Å². The summed E-state index contributed by atoms with van der Waals surface area (Å²) < 4.78 is 1.47. The predicted octanol–water partition coefficient (Wildman–Crippen LogP) is 1.77. The van der Waals surface area contributed by atoms with Crippen molar-refractivity contribution in [2.45, 2.75) is 46.1 Å². The molecule has 1 aromatic carbocycles. The van der Waals surface area contributed by atoms with Gasteiger partial charge in [-0.15, -0.1) is 5.10 Å². The van der Waals surface area contributed by atoms with E-state index in [0.29, 0.717) is 25.1 Å². The first-order valence-electron chi connectivity index (χ1n) is 8.73. The molecule has 1 atom stereocenters. The molecule has 26 heavy (non-hydrogen) atoms. The number of carbonyl (C=O) groups excluding carboxylic acids is 1. The van der Waals surface area contributed by atoms with E-state index >= 15 is 0 Å². The van der Waals surface area contributed by atoms with Crippen LogP contribution in [0.5, 0.6) is 0 Å². The summed E-state index contributed by atoms with van der Waals surface area (Å²) in [6.07, 6.45) is 1.29. The number of hydrogen-bond donors (Lipinski definition) is 2. The van der Waals surface area contributed by atoms with Crippen molar-refractivity contribution in [2.75, 3.05) is 6.54 Å². The van der Waals surface area contributed by atoms with Gasteiger partial charge in [-0.3, -0.25) is 9.59 Å². The molecule has 0 bridgehead atoms. The number of aromatic nitrogens is 4. The molecule has 8 heteroatoms. The Labute approximate surface area is 152 Å². The average Bonchev–Trinajstić information content (AvgIpc) is 3.07. The summed E-state index contributed by atoms with van der Waals surface area (Å²) in [5.41, 5.74) is 0.000774. The fraction of sp³-hybridized carbons (Fsp3) is 0.500. The van der Waals surface area contributed by atoms with Crippen LogP contribution in [0.15, 0.2) is 30.3 Å². The normalized spacial score (nSPS) is 12.6. The maximum absolute atomic E-state index is 12.9. The van der Waals surface area contributed by atoms with Crippen molar-refractivity contribution in [1.82, 2.24) is 25.5 Å². The van der Waals surface area contributed by atoms with Crippen LogP contribution in [0.3, 0.4) is 0 Å². The minimum Gasteiger partial charge on any atom is -0.481 e. The molecule has 0 radical (unpaired) electrons. The number of nitrogens with zero attached hydrogens (tertiary/aromatic N) is 4. The lowest BCUT2D eigenvalue weighted by atomic mass is 9.82. The van der Waals surface area contributed by atoms with E-state index in [1.807, 2.05) is 44.2 Å². The number of aryl methyl sites for hydroxylation is 1. The van der Waals surface area contributed by atoms with Gasteiger partial charge in [0.05, 0.1) is 5.41 Å². The molecule has 2 aromatic rings. The number of aliphatic carboxylic acids is 1. The molecule has 8 nitrogen and oxygen atoms in total. The van der Waals surface area contributed by atoms with Gasteiger partial charge >= 0.3 is 5.97 Å². The van der Waals surface area contributed by atoms with E-state index in [2.05, 4.69) is 20.8 Å². The maximum Gasteiger partial charge on any atom is 0.311 e. The van der Waals surface area contributed by atoms with E-state index in [9.17, 15) is 14.7 Å². The molecule has 0 saturated carbocycles. The third kappa shape index (κ3) is 4.25. The molecule has 140 valence electrons. The summed E-state index contributed by atoms with van der Waals surface area (Å²) >= 11 is 0. The highest BCUT2D eigenvalue weighted by Gasteiger charge is 2.36. The predicted molar refractivity (Wildman–Crippen MR) is 95.4 cm³/mol. The van der Waals surface area contributed by atoms with Gasteiger partial charge in [0.1, 0.15) is 11.9 Å². The number of carboxylic acid groups (broad SMARTS) is 1. The van der Waals surface area contributed by atoms with Gasteiger partial charge in [0.2, 0.25) is 5.91 Å². The molecule has 2 rings (SSSR count). The quantitative estimate of drug-likeness (QED) is 0.706. The Morgan fingerprint density at radius 1 is 1.23 bits per heavy atom. The summed E-state index contributed by atoms with van der Waals surface area (Å²) in [6.45, 7) is 5.43. The van der Waals surface area contributed by atoms with Crippen LogP contribution in [0, 0.1) is 12.3 Å². The number of tetrazole rings is 1. The topological polar surface area (TPSA) is 110 Å². The molecule has 1 heterocycles. The monoisotopic (exact) mass is 359 g/mol. The molecule has 1 amide bonds. The molecule has 0 fully saturated rings. The average molecular weight is 359 g/mol. The lowest BCUT2D eigenvalue weighted by molar-refractivity contribution is -0.149. The summed E-state index contributed by atoms with van der Waals surface area (Å²) in [6, 6.07) is 8.93. The molecule has 0 saturated heterocycles. The van der Waals surface area contributed by atoms with Crippen LogP contribution >= 0.6 is 0 Å². The Morgan fingerprint density at radius 3 is 2.38 bits per heavy atom. The highest BCUT2D eigenvalue weighted by molar-refractivity contribution is 5.82. The van der Waals surface area contributed by atoms with Crippen molar-refractivity contribution in [3.8, 4) is 0 Å². The first-order chi connectivity index (χ1) is 12.4. The molecule has 0 aliphatic carbocycles. The molecule has 2 N–H and O–H groups in total. The molecular formula is C18H25N5O3. The number of nitrogens with one attached hydrogen (secondary N) is 1. The van der Waals surface area contributed by atoms with Gasteiger partial charge in [0.25, 0.3) is 0 Å². The first-order valence-corrected chi connectivity index (χ1v) is 8.73. The van der Waals surface area contributed by atoms with Gasteiger partial charge in [-0.1, -0.05) is 44.2 Å². The summed E-state index contributed by atoms with van der Waals surface area (Å²) in [7, 11) is 0. The molecule has 1 unspecified atom stereocenters. The van der Waals surface area contributed by atoms with E-state index in [-0.39, 0.29) is 12.5 Å². The van der Waals surface area contributed by atoms with Gasteiger partial charge in [-0.05, 0) is 35.8 Å². The van der Waals surface area contributed by atoms with Gasteiger partial charge < -0.3 is 10.4 Å². The van der Waals surface area contributed by atoms with Crippen molar-refractivity contribution in [2.24, 2.45) is 5.41 Å². The first kappa shape index (κ1) is 19.6. The smallest absolute Gasteiger partial charge is 0.311 e. The third-order valence-corrected chi connectivity index (χ3v) is 4.94. The zero-order valence-electron chi connectivity index (χ0n) is 15.3. The highest BCUT2D eigenvalue weighted by atomic mass is 16.4. The number of carboxylic acids is 1. The fourth-order valence-electron chi connectivity index (χ4n) is 2.91. The van der Waals surface area contributed by atoms with Crippen molar-refractivity contribution in [3.05, 3.63) is 41.7 Å². The zero-order chi connectivity index (χ0) is 19.2. The summed E-state index contributed by atoms with van der Waals surface area (Å²) in [4.78, 5) is 24.5. The van der Waals surface area contributed by atoms with Gasteiger partial charge in [0, 0.05) is 13.0 Å². The molecule has 1 aromatic heterocycles. The number of amides is 1. The second-order valence-electron chi connectivity index (χ2n) is 6.39. The third-order valence-electron chi connectivity index (χ3n) is 4.94. The Hall–Kier alpha value is -2.77. The number of carbonyl (C=O) groups is 2. The lowest BCUT2D eigenvalue weighted by Crippen LogP contribution is -2.45. The van der Waals surface area contributed by atoms with E-state index in [4.69, 9.17) is 0 Å². The molecular weight excluding hydrogens is 334 g/mol. The Morgan fingerprint density at radius 2 is 1.88 bits per heavy atom. The van der Waals surface area contributed by atoms with Gasteiger partial charge in [-0.2, -0.15) is 0 Å². The van der Waals surface area contributed by atoms with Crippen molar-refractivity contribution in [3.63, 3.8) is 0 Å². The summed E-state index contributed by atoms with van der Waals surface area (Å²) in [5.74, 6) is -0.672. The maximum atomic E-state index is 12.9. The van der Waals surface area contributed by atoms with Crippen molar-refractivity contribution < 1.29 is 14.7 Å². The van der Waals surface area contributed by atoms with Crippen LogP contribution in [-0.2, 0) is 16.0 Å². The number of benzene rings is 1. The Bertz CT molecular complexity index is 740. The van der Waals surface area contributed by atoms with E-state index < -0.39 is 17.4 Å². The van der Waals surface area contributed by atoms with Crippen LogP contribution in [0.1, 0.15) is 44.1 Å². The molecule has 0 aliphatic heterocycles. The van der Waals surface area contributed by atoms with E-state index in [1.165, 1.54) is 4.68 Å². The van der Waals surface area contributed by atoms with Crippen LogP contribution in [0.2, 0.25) is 0 Å². The van der Waals surface area contributed by atoms with Crippen molar-refractivity contribution in [1.29, 1.82) is 0 Å². The zero-order valence-corrected chi connectivity index (χ0v) is 15.3. The van der Waals surface area contributed by atoms with E-state index in [0.717, 1.165) is 5.56 Å². The Balaban J connectivity index is 2.21. The molecule has 0 aliphatic rings. The summed E-state index contributed by atoms with van der Waals surface area (Å²) in [5, 5.41) is 23.8. The lowest BCUT2D eigenvalue weighted by Gasteiger charge is -2.28. The second-order valence-corrected chi connectivity index (χ2v) is 6.39. The minimum absolute atomic E-state index is 0.0701. The van der Waals surface area contributed by atoms with Crippen LogP contribution in [0.4, 0.5) is 0 Å². The van der Waals surface area contributed by atoms with Crippen molar-refractivity contribution >= 4 is 11.9 Å². The van der Waals surface area contributed by atoms with E-state index in [1.54, 1.807) is 6.92 Å². The number of rotatable bonds is 9. The number of hydrogen-bond acceptors (Lipinski definition) is 5. The largest absolute Gasteiger partial charge is 0.481 e. The molecule has 0 spiro atoms. The minimum atomic E-state index is -0.970. The SMILES string of the molecule is CCC(CC)(CNC(=O)C(Cc1ccccc1)n1nnnc1C)C(=O)O. The van der Waals surface area contributed by atoms with Crippen LogP contribution < -0.4 is 5.32 Å². The van der Waals surface area contributed by atoms with Crippen LogP contribution in [0.25, 0.3) is 0 Å². The van der Waals surface area contributed by atoms with Crippen LogP contribution in [-0.4, -0.2) is 43.7 Å². The standard InChI is InChI=1S/C18H25N5O3/c1-4-18(5-2,17(25)26)12-19-16(24)15(23-13(3)20-21-22-23)11-14-9-7-6-8-10-14/h6-10,15H,4-5,11-12H2,1-3H3,(H,19,24)(H,25,26). The highest BCUT2D eigenvalue weighted by Crippen LogP contribution is 2.26.